The quantitative estimate of drug-likeness (QED) is 0.641. The number of aromatic nitrogens is 2. The molecular weight excluding hydrogens is 296 g/mol. The van der Waals surface area contributed by atoms with Crippen LogP contribution in [0.3, 0.4) is 0 Å². The molecule has 2 heterocycles. The van der Waals surface area contributed by atoms with Crippen molar-refractivity contribution in [2.75, 3.05) is 13.1 Å². The number of benzene rings is 1. The molecule has 1 fully saturated rings. The smallest absolute Gasteiger partial charge is 0.358 e. The molecule has 7 heteroatoms. The van der Waals surface area contributed by atoms with Crippen LogP contribution in [0.25, 0.3) is 0 Å². The Morgan fingerprint density at radius 3 is 2.48 bits per heavy atom. The van der Waals surface area contributed by atoms with Gasteiger partial charge in [-0.05, 0) is 34.7 Å². The lowest BCUT2D eigenvalue weighted by molar-refractivity contribution is -0.389. The van der Waals surface area contributed by atoms with Gasteiger partial charge >= 0.3 is 5.82 Å². The average molecular weight is 314 g/mol. The van der Waals surface area contributed by atoms with Crippen molar-refractivity contribution >= 4 is 11.7 Å². The largest absolute Gasteiger partial charge is 0.381 e. The Labute approximate surface area is 133 Å². The molecule has 1 aromatic heterocycles. The summed E-state index contributed by atoms with van der Waals surface area (Å²) < 4.78 is 1.53. The number of rotatable bonds is 4. The van der Waals surface area contributed by atoms with Gasteiger partial charge in [0.2, 0.25) is 12.2 Å². The van der Waals surface area contributed by atoms with E-state index in [-0.39, 0.29) is 11.7 Å². The summed E-state index contributed by atoms with van der Waals surface area (Å²) in [6.07, 6.45) is 5.81. The molecule has 0 bridgehead atoms. The van der Waals surface area contributed by atoms with E-state index < -0.39 is 11.0 Å². The average Bonchev–Trinajstić information content (AvgIpc) is 3.07. The van der Waals surface area contributed by atoms with E-state index >= 15 is 0 Å². The maximum Gasteiger partial charge on any atom is 0.381 e. The summed E-state index contributed by atoms with van der Waals surface area (Å²) in [7, 11) is 0. The molecule has 7 nitrogen and oxygen atoms in total. The van der Waals surface area contributed by atoms with Crippen LogP contribution < -0.4 is 0 Å². The van der Waals surface area contributed by atoms with Gasteiger partial charge in [-0.2, -0.15) is 0 Å². The molecule has 0 saturated carbocycles. The van der Waals surface area contributed by atoms with E-state index in [0.29, 0.717) is 0 Å². The zero-order valence-electron chi connectivity index (χ0n) is 12.7. The summed E-state index contributed by atoms with van der Waals surface area (Å²) in [5.41, 5.74) is 0.801. The summed E-state index contributed by atoms with van der Waals surface area (Å²) in [5, 5.41) is 10.9. The third-order valence-corrected chi connectivity index (χ3v) is 4.09. The molecule has 1 aromatic carbocycles. The monoisotopic (exact) mass is 314 g/mol. The van der Waals surface area contributed by atoms with Crippen molar-refractivity contribution in [3.8, 4) is 0 Å². The first kappa shape index (κ1) is 15.2. The van der Waals surface area contributed by atoms with Crippen LogP contribution in [-0.4, -0.2) is 38.4 Å². The molecule has 1 aliphatic rings. The van der Waals surface area contributed by atoms with Gasteiger partial charge in [0.25, 0.3) is 0 Å². The number of piperidine rings is 1. The second-order valence-corrected chi connectivity index (χ2v) is 5.64. The highest BCUT2D eigenvalue weighted by molar-refractivity contribution is 5.83. The molecule has 1 saturated heterocycles. The summed E-state index contributed by atoms with van der Waals surface area (Å²) in [4.78, 5) is 28.9. The molecule has 0 aliphatic carbocycles. The number of nitro groups is 1. The Morgan fingerprint density at radius 2 is 1.87 bits per heavy atom. The van der Waals surface area contributed by atoms with Crippen LogP contribution in [0.5, 0.6) is 0 Å². The van der Waals surface area contributed by atoms with E-state index in [1.807, 2.05) is 35.2 Å². The van der Waals surface area contributed by atoms with Crippen molar-refractivity contribution in [1.29, 1.82) is 0 Å². The first-order chi connectivity index (χ1) is 11.2. The van der Waals surface area contributed by atoms with Crippen LogP contribution in [0, 0.1) is 10.1 Å². The van der Waals surface area contributed by atoms with Gasteiger partial charge in [-0.1, -0.05) is 30.3 Å². The number of carbonyl (C=O) groups is 1. The number of hydrogen-bond acceptors (Lipinski definition) is 4. The molecule has 1 unspecified atom stereocenters. The van der Waals surface area contributed by atoms with E-state index in [4.69, 9.17) is 0 Å². The van der Waals surface area contributed by atoms with Crippen molar-refractivity contribution in [3.05, 3.63) is 58.5 Å². The molecule has 120 valence electrons. The van der Waals surface area contributed by atoms with Crippen LogP contribution >= 0.6 is 0 Å². The highest BCUT2D eigenvalue weighted by Gasteiger charge is 2.30. The van der Waals surface area contributed by atoms with Gasteiger partial charge in [-0.3, -0.25) is 9.36 Å². The summed E-state index contributed by atoms with van der Waals surface area (Å²) in [5.74, 6) is -0.291. The van der Waals surface area contributed by atoms with Gasteiger partial charge in [0, 0.05) is 13.1 Å². The summed E-state index contributed by atoms with van der Waals surface area (Å²) in [6.45, 7) is 1.47. The first-order valence-corrected chi connectivity index (χ1v) is 7.68. The summed E-state index contributed by atoms with van der Waals surface area (Å²) >= 11 is 0. The highest BCUT2D eigenvalue weighted by Crippen LogP contribution is 2.24. The predicted octanol–water partition coefficient (Wildman–Crippen LogP) is 2.39. The van der Waals surface area contributed by atoms with Crippen LogP contribution in [0.2, 0.25) is 0 Å². The predicted molar refractivity (Wildman–Crippen MR) is 83.9 cm³/mol. The number of nitrogens with zero attached hydrogens (tertiary/aromatic N) is 4. The van der Waals surface area contributed by atoms with Crippen LogP contribution in [-0.2, 0) is 4.79 Å². The van der Waals surface area contributed by atoms with Crippen molar-refractivity contribution in [3.63, 3.8) is 0 Å². The van der Waals surface area contributed by atoms with E-state index in [1.165, 1.54) is 17.1 Å². The Morgan fingerprint density at radius 1 is 1.17 bits per heavy atom. The number of likely N-dealkylation sites (tertiary alicyclic amines) is 1. The second-order valence-electron chi connectivity index (χ2n) is 5.64. The Bertz CT molecular complexity index is 692. The Kier molecular flexibility index (Phi) is 4.36. The normalized spacial score (nSPS) is 16.1. The Hall–Kier alpha value is -2.70. The van der Waals surface area contributed by atoms with E-state index in [9.17, 15) is 14.9 Å². The van der Waals surface area contributed by atoms with Crippen molar-refractivity contribution in [2.45, 2.75) is 25.3 Å². The molecule has 1 atom stereocenters. The van der Waals surface area contributed by atoms with E-state index in [2.05, 4.69) is 4.98 Å². The lowest BCUT2D eigenvalue weighted by atomic mass is 10.0. The number of hydrogen-bond donors (Lipinski definition) is 0. The molecule has 1 aliphatic heterocycles. The van der Waals surface area contributed by atoms with Crippen molar-refractivity contribution in [2.24, 2.45) is 0 Å². The standard InChI is InChI=1S/C16H18N4O3/c21-16(18-9-5-2-6-10-18)15(13-7-3-1-4-8-13)19-11-14(17-12-19)20(22)23/h1,3-4,7-8,11-12,15H,2,5-6,9-10H2. The molecule has 1 amide bonds. The fourth-order valence-electron chi connectivity index (χ4n) is 2.93. The van der Waals surface area contributed by atoms with Gasteiger partial charge in [0.15, 0.2) is 0 Å². The van der Waals surface area contributed by atoms with Gasteiger partial charge in [0.05, 0.1) is 0 Å². The zero-order chi connectivity index (χ0) is 16.2. The molecule has 3 rings (SSSR count). The molecule has 2 aromatic rings. The minimum absolute atomic E-state index is 0.0387. The van der Waals surface area contributed by atoms with Crippen LogP contribution in [0.4, 0.5) is 5.82 Å². The number of amides is 1. The first-order valence-electron chi connectivity index (χ1n) is 7.68. The van der Waals surface area contributed by atoms with Crippen LogP contribution in [0.1, 0.15) is 30.9 Å². The lowest BCUT2D eigenvalue weighted by Gasteiger charge is -2.30. The van der Waals surface area contributed by atoms with E-state index in [0.717, 1.165) is 37.9 Å². The third-order valence-electron chi connectivity index (χ3n) is 4.09. The molecule has 0 radical (unpaired) electrons. The fourth-order valence-corrected chi connectivity index (χ4v) is 2.93. The minimum atomic E-state index is -0.615. The molecule has 0 spiro atoms. The van der Waals surface area contributed by atoms with Crippen LogP contribution in [0.15, 0.2) is 42.9 Å². The summed E-state index contributed by atoms with van der Waals surface area (Å²) in [6, 6.07) is 8.70. The molecular formula is C16H18N4O3. The van der Waals surface area contributed by atoms with Gasteiger partial charge < -0.3 is 15.0 Å². The number of carbonyl (C=O) groups excluding carboxylic acids is 1. The maximum absolute atomic E-state index is 13.0. The van der Waals surface area contributed by atoms with E-state index in [1.54, 1.807) is 0 Å². The zero-order valence-corrected chi connectivity index (χ0v) is 12.7. The molecule has 0 N–H and O–H groups in total. The van der Waals surface area contributed by atoms with Gasteiger partial charge in [-0.25, -0.2) is 0 Å². The maximum atomic E-state index is 13.0. The lowest BCUT2D eigenvalue weighted by Crippen LogP contribution is -2.40. The van der Waals surface area contributed by atoms with Gasteiger partial charge in [-0.15, -0.1) is 0 Å². The highest BCUT2D eigenvalue weighted by atomic mass is 16.6. The topological polar surface area (TPSA) is 81.3 Å². The third kappa shape index (κ3) is 3.23. The Balaban J connectivity index is 1.96. The van der Waals surface area contributed by atoms with Crippen molar-refractivity contribution in [1.82, 2.24) is 14.5 Å². The van der Waals surface area contributed by atoms with Crippen molar-refractivity contribution < 1.29 is 9.72 Å². The SMILES string of the molecule is O=C(C(c1ccccc1)n1cnc([N+](=O)[O-])c1)N1CCCCC1. The fraction of sp³-hybridized carbons (Fsp3) is 0.375. The van der Waals surface area contributed by atoms with Gasteiger partial charge in [0.1, 0.15) is 12.2 Å². The second kappa shape index (κ2) is 6.60. The number of imidazole rings is 1. The minimum Gasteiger partial charge on any atom is -0.358 e. The molecule has 23 heavy (non-hydrogen) atoms.